The van der Waals surface area contributed by atoms with E-state index >= 15 is 0 Å². The van der Waals surface area contributed by atoms with Crippen molar-refractivity contribution in [3.8, 4) is 0 Å². The summed E-state index contributed by atoms with van der Waals surface area (Å²) in [6, 6.07) is 2.92. The molecule has 1 aliphatic heterocycles. The number of thiophene rings is 1. The molecule has 3 heteroatoms. The number of nitrogens with zero attached hydrogens (tertiary/aromatic N) is 1. The Hall–Kier alpha value is -0.380. The molecule has 118 valence electrons. The van der Waals surface area contributed by atoms with E-state index < -0.39 is 0 Å². The Labute approximate surface area is 133 Å². The number of hydrogen-bond acceptors (Lipinski definition) is 3. The fraction of sp³-hybridized carbons (Fsp3) is 0.778. The van der Waals surface area contributed by atoms with E-state index in [1.54, 1.807) is 0 Å². The van der Waals surface area contributed by atoms with Crippen LogP contribution in [-0.4, -0.2) is 36.1 Å². The third kappa shape index (κ3) is 3.52. The maximum Gasteiger partial charge on any atom is 0.0309 e. The van der Waals surface area contributed by atoms with Crippen molar-refractivity contribution in [3.05, 3.63) is 22.4 Å². The van der Waals surface area contributed by atoms with Crippen LogP contribution in [0.3, 0.4) is 0 Å². The second-order valence-corrected chi connectivity index (χ2v) is 9.09. The SMILES string of the molecule is CC(C)(C)C1CNC(C)(C2CC2)CN1CCc1ccsc1. The van der Waals surface area contributed by atoms with Crippen molar-refractivity contribution in [2.24, 2.45) is 11.3 Å². The van der Waals surface area contributed by atoms with E-state index in [0.29, 0.717) is 17.0 Å². The molecule has 0 aromatic carbocycles. The van der Waals surface area contributed by atoms with Crippen molar-refractivity contribution in [3.63, 3.8) is 0 Å². The third-order valence-corrected chi connectivity index (χ3v) is 6.15. The first-order valence-electron chi connectivity index (χ1n) is 8.39. The van der Waals surface area contributed by atoms with Crippen molar-refractivity contribution in [2.45, 2.75) is 58.5 Å². The molecule has 2 fully saturated rings. The lowest BCUT2D eigenvalue weighted by atomic mass is 9.80. The summed E-state index contributed by atoms with van der Waals surface area (Å²) in [7, 11) is 0. The van der Waals surface area contributed by atoms with Gasteiger partial charge in [0, 0.05) is 31.2 Å². The lowest BCUT2D eigenvalue weighted by Gasteiger charge is -2.51. The molecule has 0 radical (unpaired) electrons. The molecule has 2 atom stereocenters. The maximum absolute atomic E-state index is 3.90. The molecule has 1 N–H and O–H groups in total. The van der Waals surface area contributed by atoms with Crippen LogP contribution in [0.15, 0.2) is 16.8 Å². The van der Waals surface area contributed by atoms with E-state index in [0.717, 1.165) is 12.5 Å². The Bertz CT molecular complexity index is 458. The van der Waals surface area contributed by atoms with Gasteiger partial charge in [0.2, 0.25) is 0 Å². The summed E-state index contributed by atoms with van der Waals surface area (Å²) in [5.41, 5.74) is 2.18. The second kappa shape index (κ2) is 5.68. The topological polar surface area (TPSA) is 15.3 Å². The molecule has 3 rings (SSSR count). The van der Waals surface area contributed by atoms with Crippen LogP contribution in [-0.2, 0) is 6.42 Å². The Morgan fingerprint density at radius 2 is 2.14 bits per heavy atom. The van der Waals surface area contributed by atoms with Gasteiger partial charge < -0.3 is 5.32 Å². The quantitative estimate of drug-likeness (QED) is 0.911. The monoisotopic (exact) mass is 306 g/mol. The number of piperazine rings is 1. The summed E-state index contributed by atoms with van der Waals surface area (Å²) < 4.78 is 0. The van der Waals surface area contributed by atoms with Crippen LogP contribution in [0.5, 0.6) is 0 Å². The van der Waals surface area contributed by atoms with Gasteiger partial charge in [0.25, 0.3) is 0 Å². The second-order valence-electron chi connectivity index (χ2n) is 8.31. The lowest BCUT2D eigenvalue weighted by molar-refractivity contribution is 0.0212. The zero-order valence-corrected chi connectivity index (χ0v) is 14.8. The molecule has 1 aromatic rings. The molecule has 1 aliphatic carbocycles. The summed E-state index contributed by atoms with van der Waals surface area (Å²) in [6.07, 6.45) is 4.03. The summed E-state index contributed by atoms with van der Waals surface area (Å²) in [6.45, 7) is 13.2. The van der Waals surface area contributed by atoms with Gasteiger partial charge >= 0.3 is 0 Å². The largest absolute Gasteiger partial charge is 0.308 e. The molecule has 2 aliphatic rings. The minimum Gasteiger partial charge on any atom is -0.308 e. The average molecular weight is 307 g/mol. The first-order valence-corrected chi connectivity index (χ1v) is 9.33. The molecule has 1 saturated carbocycles. The van der Waals surface area contributed by atoms with Gasteiger partial charge in [-0.3, -0.25) is 4.90 Å². The summed E-state index contributed by atoms with van der Waals surface area (Å²) in [4.78, 5) is 2.77. The lowest BCUT2D eigenvalue weighted by Crippen LogP contribution is -2.66. The van der Waals surface area contributed by atoms with Gasteiger partial charge in [-0.1, -0.05) is 20.8 Å². The van der Waals surface area contributed by atoms with Gasteiger partial charge in [-0.15, -0.1) is 0 Å². The summed E-state index contributed by atoms with van der Waals surface area (Å²) in [5, 5.41) is 8.39. The molecule has 2 heterocycles. The Kier molecular flexibility index (Phi) is 4.19. The third-order valence-electron chi connectivity index (χ3n) is 5.42. The zero-order chi connectivity index (χ0) is 15.1. The van der Waals surface area contributed by atoms with Gasteiger partial charge in [0.1, 0.15) is 0 Å². The number of rotatable bonds is 4. The van der Waals surface area contributed by atoms with Crippen LogP contribution in [0.25, 0.3) is 0 Å². The predicted molar refractivity (Wildman–Crippen MR) is 92.0 cm³/mol. The van der Waals surface area contributed by atoms with Crippen LogP contribution in [0.1, 0.15) is 46.1 Å². The van der Waals surface area contributed by atoms with Gasteiger partial charge in [0.05, 0.1) is 0 Å². The molecule has 0 spiro atoms. The maximum atomic E-state index is 3.90. The molecule has 0 bridgehead atoms. The van der Waals surface area contributed by atoms with Crippen molar-refractivity contribution in [2.75, 3.05) is 19.6 Å². The highest BCUT2D eigenvalue weighted by Gasteiger charge is 2.47. The van der Waals surface area contributed by atoms with Crippen molar-refractivity contribution >= 4 is 11.3 Å². The van der Waals surface area contributed by atoms with Crippen LogP contribution in [0.4, 0.5) is 0 Å². The molecule has 2 unspecified atom stereocenters. The highest BCUT2D eigenvalue weighted by molar-refractivity contribution is 7.07. The number of hydrogen-bond donors (Lipinski definition) is 1. The molecular formula is C18H30N2S. The predicted octanol–water partition coefficient (Wildman–Crippen LogP) is 3.78. The van der Waals surface area contributed by atoms with Crippen LogP contribution >= 0.6 is 11.3 Å². The Balaban J connectivity index is 1.69. The average Bonchev–Trinajstić information content (AvgIpc) is 3.14. The van der Waals surface area contributed by atoms with Crippen molar-refractivity contribution in [1.29, 1.82) is 0 Å². The van der Waals surface area contributed by atoms with E-state index in [2.05, 4.69) is 54.7 Å². The van der Waals surface area contributed by atoms with Crippen LogP contribution < -0.4 is 5.32 Å². The van der Waals surface area contributed by atoms with Crippen molar-refractivity contribution < 1.29 is 0 Å². The minimum atomic E-state index is 0.340. The van der Waals surface area contributed by atoms with E-state index in [-0.39, 0.29) is 0 Å². The summed E-state index contributed by atoms with van der Waals surface area (Å²) in [5.74, 6) is 0.905. The fourth-order valence-electron chi connectivity index (χ4n) is 3.84. The van der Waals surface area contributed by atoms with Gasteiger partial charge in [-0.2, -0.15) is 11.3 Å². The van der Waals surface area contributed by atoms with Gasteiger partial charge in [0.15, 0.2) is 0 Å². The Morgan fingerprint density at radius 3 is 2.71 bits per heavy atom. The normalized spacial score (nSPS) is 31.5. The Morgan fingerprint density at radius 1 is 1.38 bits per heavy atom. The highest BCUT2D eigenvalue weighted by atomic mass is 32.1. The van der Waals surface area contributed by atoms with E-state index in [4.69, 9.17) is 0 Å². The standard InChI is InChI=1S/C18H30N2S/c1-17(2,3)16-11-19-18(4,15-5-6-15)13-20(16)9-7-14-8-10-21-12-14/h8,10,12,15-16,19H,5-7,9,11,13H2,1-4H3. The van der Waals surface area contributed by atoms with Crippen molar-refractivity contribution in [1.82, 2.24) is 10.2 Å². The zero-order valence-electron chi connectivity index (χ0n) is 14.0. The molecule has 1 saturated heterocycles. The molecule has 1 aromatic heterocycles. The first-order chi connectivity index (χ1) is 9.88. The summed E-state index contributed by atoms with van der Waals surface area (Å²) >= 11 is 1.82. The molecular weight excluding hydrogens is 276 g/mol. The molecule has 0 amide bonds. The minimum absolute atomic E-state index is 0.340. The molecule has 2 nitrogen and oxygen atoms in total. The van der Waals surface area contributed by atoms with E-state index in [9.17, 15) is 0 Å². The van der Waals surface area contributed by atoms with E-state index in [1.165, 1.54) is 37.9 Å². The smallest absolute Gasteiger partial charge is 0.0309 e. The number of nitrogens with one attached hydrogen (secondary N) is 1. The van der Waals surface area contributed by atoms with E-state index in [1.807, 2.05) is 11.3 Å². The first kappa shape index (κ1) is 15.5. The van der Waals surface area contributed by atoms with Gasteiger partial charge in [-0.05, 0) is 59.9 Å². The highest BCUT2D eigenvalue weighted by Crippen LogP contribution is 2.42. The van der Waals surface area contributed by atoms with Gasteiger partial charge in [-0.25, -0.2) is 0 Å². The fourth-order valence-corrected chi connectivity index (χ4v) is 4.54. The molecule has 21 heavy (non-hydrogen) atoms. The van der Waals surface area contributed by atoms with Crippen LogP contribution in [0, 0.1) is 11.3 Å². The van der Waals surface area contributed by atoms with Crippen LogP contribution in [0.2, 0.25) is 0 Å².